The number of alkyl halides is 1. The maximum atomic E-state index is 12.3. The number of rotatable bonds is 2. The third kappa shape index (κ3) is 2.74. The Bertz CT molecular complexity index is 616. The third-order valence-corrected chi connectivity index (χ3v) is 9.66. The monoisotopic (exact) mass is 469 g/mol. The zero-order valence-electron chi connectivity index (χ0n) is 16.2. The normalized spacial score (nSPS) is 50.1. The van der Waals surface area contributed by atoms with Crippen LogP contribution in [0.15, 0.2) is 0 Å². The Morgan fingerprint density at radius 1 is 1.15 bits per heavy atom. The number of carbonyl (C=O) groups is 1. The van der Waals surface area contributed by atoms with Crippen molar-refractivity contribution in [3.8, 4) is 6.07 Å². The number of hydrogen-bond acceptors (Lipinski definition) is 3. The van der Waals surface area contributed by atoms with Gasteiger partial charge in [-0.2, -0.15) is 5.26 Å². The fraction of sp³-hybridized carbons (Fsp3) is 0.909. The first-order valence-corrected chi connectivity index (χ1v) is 12.1. The topological polar surface area (TPSA) is 50.1 Å². The summed E-state index contributed by atoms with van der Waals surface area (Å²) in [7, 11) is 0. The van der Waals surface area contributed by atoms with Crippen LogP contribution in [-0.2, 0) is 9.53 Å². The number of hydrogen-bond donors (Lipinski definition) is 0. The van der Waals surface area contributed by atoms with Gasteiger partial charge in [-0.1, -0.05) is 49.3 Å². The van der Waals surface area contributed by atoms with E-state index in [9.17, 15) is 10.1 Å². The van der Waals surface area contributed by atoms with E-state index in [1.807, 2.05) is 0 Å². The van der Waals surface area contributed by atoms with E-state index in [1.54, 1.807) is 0 Å². The van der Waals surface area contributed by atoms with Gasteiger partial charge in [-0.25, -0.2) is 0 Å². The second-order valence-corrected chi connectivity index (χ2v) is 10.7. The summed E-state index contributed by atoms with van der Waals surface area (Å²) in [6.45, 7) is 4.84. The van der Waals surface area contributed by atoms with Crippen LogP contribution < -0.4 is 0 Å². The lowest BCUT2D eigenvalue weighted by molar-refractivity contribution is -0.190. The number of nitriles is 1. The van der Waals surface area contributed by atoms with Crippen LogP contribution in [-0.4, -0.2) is 16.5 Å². The Morgan fingerprint density at radius 2 is 1.96 bits per heavy atom. The van der Waals surface area contributed by atoms with E-state index in [2.05, 4.69) is 42.5 Å². The molecule has 0 amide bonds. The Hall–Kier alpha value is -0.310. The van der Waals surface area contributed by atoms with Crippen molar-refractivity contribution in [1.82, 2.24) is 0 Å². The first-order chi connectivity index (χ1) is 12.4. The quantitative estimate of drug-likeness (QED) is 0.304. The minimum atomic E-state index is -0.0653. The molecule has 0 spiro atoms. The Balaban J connectivity index is 1.72. The molecule has 0 heterocycles. The zero-order valence-corrected chi connectivity index (χ0v) is 18.3. The molecule has 4 heteroatoms. The summed E-state index contributed by atoms with van der Waals surface area (Å²) >= 11 is 2.12. The van der Waals surface area contributed by atoms with Crippen LogP contribution in [0.3, 0.4) is 0 Å². The molecule has 0 N–H and O–H groups in total. The van der Waals surface area contributed by atoms with Gasteiger partial charge in [0.2, 0.25) is 0 Å². The zero-order chi connectivity index (χ0) is 18.5. The molecule has 0 bridgehead atoms. The van der Waals surface area contributed by atoms with Gasteiger partial charge in [0, 0.05) is 5.92 Å². The van der Waals surface area contributed by atoms with Crippen LogP contribution in [0.5, 0.6) is 0 Å². The second-order valence-electron chi connectivity index (χ2n) is 9.95. The summed E-state index contributed by atoms with van der Waals surface area (Å²) < 4.78 is 6.56. The largest absolute Gasteiger partial charge is 0.461 e. The lowest BCUT2D eigenvalue weighted by Gasteiger charge is -2.62. The van der Waals surface area contributed by atoms with E-state index in [1.165, 1.54) is 44.9 Å². The van der Waals surface area contributed by atoms with E-state index in [-0.39, 0.29) is 23.4 Å². The number of esters is 1. The molecule has 3 nitrogen and oxygen atoms in total. The van der Waals surface area contributed by atoms with Gasteiger partial charge < -0.3 is 4.74 Å². The summed E-state index contributed by atoms with van der Waals surface area (Å²) in [5.74, 6) is 2.65. The fourth-order valence-corrected chi connectivity index (χ4v) is 8.09. The average Bonchev–Trinajstić information content (AvgIpc) is 2.96. The SMILES string of the molecule is C[C@]12CCCC[C@@H]1CC[C@@H]1[C@@H]2[C@@H](OC(=O)CI)C[C@]2(C)[C@@H](C#N)CC[C@@H]12. The van der Waals surface area contributed by atoms with Gasteiger partial charge in [0.15, 0.2) is 0 Å². The van der Waals surface area contributed by atoms with Crippen molar-refractivity contribution in [1.29, 1.82) is 5.26 Å². The number of halogens is 1. The predicted molar refractivity (Wildman–Crippen MR) is 110 cm³/mol. The molecular formula is C22H32INO2. The smallest absolute Gasteiger partial charge is 0.316 e. The Labute approximate surface area is 171 Å². The van der Waals surface area contributed by atoms with E-state index < -0.39 is 0 Å². The first-order valence-electron chi connectivity index (χ1n) is 10.6. The molecule has 8 atom stereocenters. The molecule has 4 aliphatic rings. The van der Waals surface area contributed by atoms with Crippen molar-refractivity contribution in [2.75, 3.05) is 4.43 Å². The van der Waals surface area contributed by atoms with Gasteiger partial charge >= 0.3 is 5.97 Å². The minimum absolute atomic E-state index is 0.0170. The van der Waals surface area contributed by atoms with Crippen LogP contribution in [0.25, 0.3) is 0 Å². The highest BCUT2D eigenvalue weighted by Crippen LogP contribution is 2.67. The highest BCUT2D eigenvalue weighted by Gasteiger charge is 2.63. The number of carbonyl (C=O) groups excluding carboxylic acids is 1. The third-order valence-electron chi connectivity index (χ3n) is 9.04. The maximum absolute atomic E-state index is 12.3. The highest BCUT2D eigenvalue weighted by molar-refractivity contribution is 14.1. The molecule has 0 aromatic heterocycles. The summed E-state index contributed by atoms with van der Waals surface area (Å²) in [5, 5.41) is 9.76. The van der Waals surface area contributed by atoms with Crippen molar-refractivity contribution in [2.24, 2.45) is 40.4 Å². The van der Waals surface area contributed by atoms with Crippen LogP contribution in [0.4, 0.5) is 0 Å². The molecule has 4 rings (SSSR count). The predicted octanol–water partition coefficient (Wildman–Crippen LogP) is 5.52. The van der Waals surface area contributed by atoms with Gasteiger partial charge in [-0.05, 0) is 73.5 Å². The molecule has 0 saturated heterocycles. The molecule has 144 valence electrons. The molecule has 4 fully saturated rings. The summed E-state index contributed by atoms with van der Waals surface area (Å²) in [6.07, 6.45) is 11.1. The van der Waals surface area contributed by atoms with Crippen molar-refractivity contribution >= 4 is 28.6 Å². The second kappa shape index (κ2) is 6.94. The van der Waals surface area contributed by atoms with Gasteiger partial charge in [0.25, 0.3) is 0 Å². The van der Waals surface area contributed by atoms with Crippen molar-refractivity contribution in [3.63, 3.8) is 0 Å². The van der Waals surface area contributed by atoms with E-state index in [0.29, 0.717) is 27.6 Å². The van der Waals surface area contributed by atoms with Gasteiger partial charge in [0.05, 0.1) is 16.4 Å². The Kier molecular flexibility index (Phi) is 5.08. The number of nitrogens with zero attached hydrogens (tertiary/aromatic N) is 1. The summed E-state index contributed by atoms with van der Waals surface area (Å²) in [6, 6.07) is 2.61. The van der Waals surface area contributed by atoms with Crippen molar-refractivity contribution in [2.45, 2.75) is 77.7 Å². The molecule has 0 unspecified atom stereocenters. The number of ether oxygens (including phenoxy) is 1. The average molecular weight is 469 g/mol. The molecule has 4 aliphatic carbocycles. The van der Waals surface area contributed by atoms with Gasteiger partial charge in [0.1, 0.15) is 6.10 Å². The van der Waals surface area contributed by atoms with Crippen LogP contribution >= 0.6 is 22.6 Å². The molecule has 26 heavy (non-hydrogen) atoms. The minimum Gasteiger partial charge on any atom is -0.461 e. The molecule has 4 saturated carbocycles. The van der Waals surface area contributed by atoms with Crippen LogP contribution in [0, 0.1) is 51.8 Å². The van der Waals surface area contributed by atoms with E-state index in [0.717, 1.165) is 18.8 Å². The number of fused-ring (bicyclic) bond motifs is 5. The summed E-state index contributed by atoms with van der Waals surface area (Å²) in [4.78, 5) is 12.3. The van der Waals surface area contributed by atoms with Gasteiger partial charge in [-0.3, -0.25) is 4.79 Å². The highest BCUT2D eigenvalue weighted by atomic mass is 127. The standard InChI is InChI=1S/C22H32INO2/c1-21-10-4-3-5-14(21)6-8-16-17-9-7-15(13-24)22(17,2)11-18(20(16)21)26-19(25)12-23/h14-18,20H,3-12H2,1-2H3/t14-,15-,16+,17+,18+,20-,21+,22-/m1/s1. The molecular weight excluding hydrogens is 437 g/mol. The molecule has 0 aromatic rings. The molecule has 0 aliphatic heterocycles. The molecule has 0 radical (unpaired) electrons. The lowest BCUT2D eigenvalue weighted by Crippen LogP contribution is -2.59. The maximum Gasteiger partial charge on any atom is 0.316 e. The van der Waals surface area contributed by atoms with Crippen LogP contribution in [0.2, 0.25) is 0 Å². The fourth-order valence-electron chi connectivity index (χ4n) is 7.91. The van der Waals surface area contributed by atoms with Crippen molar-refractivity contribution < 1.29 is 9.53 Å². The van der Waals surface area contributed by atoms with E-state index >= 15 is 0 Å². The lowest BCUT2D eigenvalue weighted by atomic mass is 9.44. The van der Waals surface area contributed by atoms with Gasteiger partial charge in [-0.15, -0.1) is 0 Å². The van der Waals surface area contributed by atoms with Crippen LogP contribution in [0.1, 0.15) is 71.6 Å². The van der Waals surface area contributed by atoms with E-state index in [4.69, 9.17) is 4.74 Å². The summed E-state index contributed by atoms with van der Waals surface area (Å²) in [5.41, 5.74) is 0.355. The first kappa shape index (κ1) is 19.0. The van der Waals surface area contributed by atoms with Crippen molar-refractivity contribution in [3.05, 3.63) is 0 Å². The Morgan fingerprint density at radius 3 is 2.69 bits per heavy atom. The molecule has 0 aromatic carbocycles.